The van der Waals surface area contributed by atoms with Gasteiger partial charge in [0.15, 0.2) is 4.34 Å². The normalized spacial score (nSPS) is 10.4. The molecule has 1 heterocycles. The van der Waals surface area contributed by atoms with Crippen molar-refractivity contribution >= 4 is 28.2 Å². The van der Waals surface area contributed by atoms with Crippen LogP contribution in [-0.4, -0.2) is 22.6 Å². The second-order valence-corrected chi connectivity index (χ2v) is 5.62. The quantitative estimate of drug-likeness (QED) is 0.644. The smallest absolute Gasteiger partial charge is 0.203 e. The van der Waals surface area contributed by atoms with Crippen molar-refractivity contribution in [3.63, 3.8) is 0 Å². The van der Waals surface area contributed by atoms with Crippen LogP contribution in [0.1, 0.15) is 6.42 Å². The minimum Gasteiger partial charge on any atom is -0.494 e. The summed E-state index contributed by atoms with van der Waals surface area (Å²) < 4.78 is 6.50. The highest BCUT2D eigenvalue weighted by atomic mass is 32.2. The standard InChI is InChI=1S/C11H13N3OS2/c12-10-13-14-11(17-10)16-8-4-7-15-9-5-2-1-3-6-9/h1-3,5-6H,4,7-8H2,(H2,12,13). The summed E-state index contributed by atoms with van der Waals surface area (Å²) in [4.78, 5) is 0. The lowest BCUT2D eigenvalue weighted by atomic mass is 10.3. The molecule has 1 aromatic carbocycles. The van der Waals surface area contributed by atoms with Crippen LogP contribution in [0.2, 0.25) is 0 Å². The Hall–Kier alpha value is -1.27. The average Bonchev–Trinajstić information content (AvgIpc) is 2.76. The number of benzene rings is 1. The Morgan fingerprint density at radius 1 is 1.24 bits per heavy atom. The maximum atomic E-state index is 5.58. The summed E-state index contributed by atoms with van der Waals surface area (Å²) in [5, 5.41) is 8.22. The van der Waals surface area contributed by atoms with Crippen molar-refractivity contribution in [1.29, 1.82) is 0 Å². The molecule has 0 unspecified atom stereocenters. The van der Waals surface area contributed by atoms with Crippen LogP contribution >= 0.6 is 23.1 Å². The van der Waals surface area contributed by atoms with E-state index >= 15 is 0 Å². The Morgan fingerprint density at radius 3 is 2.76 bits per heavy atom. The topological polar surface area (TPSA) is 61.0 Å². The number of aromatic nitrogens is 2. The van der Waals surface area contributed by atoms with E-state index in [0.717, 1.165) is 22.3 Å². The van der Waals surface area contributed by atoms with Gasteiger partial charge in [-0.25, -0.2) is 0 Å². The SMILES string of the molecule is Nc1nnc(SCCCOc2ccccc2)s1. The number of hydrogen-bond donors (Lipinski definition) is 1. The average molecular weight is 267 g/mol. The highest BCUT2D eigenvalue weighted by Gasteiger charge is 2.01. The molecule has 1 aromatic heterocycles. The van der Waals surface area contributed by atoms with Crippen molar-refractivity contribution < 1.29 is 4.74 Å². The van der Waals surface area contributed by atoms with E-state index in [0.29, 0.717) is 11.7 Å². The maximum Gasteiger partial charge on any atom is 0.203 e. The summed E-state index contributed by atoms with van der Waals surface area (Å²) in [5.41, 5.74) is 5.49. The summed E-state index contributed by atoms with van der Waals surface area (Å²) >= 11 is 3.08. The van der Waals surface area contributed by atoms with Gasteiger partial charge in [0.1, 0.15) is 5.75 Å². The van der Waals surface area contributed by atoms with Crippen molar-refractivity contribution in [2.45, 2.75) is 10.8 Å². The molecule has 2 N–H and O–H groups in total. The van der Waals surface area contributed by atoms with E-state index in [1.807, 2.05) is 30.3 Å². The lowest BCUT2D eigenvalue weighted by molar-refractivity contribution is 0.318. The van der Waals surface area contributed by atoms with Gasteiger partial charge in [0.2, 0.25) is 5.13 Å². The largest absolute Gasteiger partial charge is 0.494 e. The van der Waals surface area contributed by atoms with E-state index in [1.165, 1.54) is 11.3 Å². The minimum atomic E-state index is 0.521. The molecule has 0 aliphatic carbocycles. The maximum absolute atomic E-state index is 5.58. The molecule has 2 aromatic rings. The third kappa shape index (κ3) is 4.24. The number of nitrogen functional groups attached to an aromatic ring is 1. The summed E-state index contributed by atoms with van der Waals surface area (Å²) in [6.45, 7) is 0.714. The van der Waals surface area contributed by atoms with Gasteiger partial charge in [-0.1, -0.05) is 41.3 Å². The van der Waals surface area contributed by atoms with Gasteiger partial charge in [-0.2, -0.15) is 0 Å². The molecule has 0 amide bonds. The molecule has 4 nitrogen and oxygen atoms in total. The molecule has 0 spiro atoms. The van der Waals surface area contributed by atoms with Gasteiger partial charge in [-0.05, 0) is 18.6 Å². The van der Waals surface area contributed by atoms with Crippen LogP contribution in [0.3, 0.4) is 0 Å². The van der Waals surface area contributed by atoms with E-state index < -0.39 is 0 Å². The number of nitrogens with zero attached hydrogens (tertiary/aromatic N) is 2. The first-order chi connectivity index (χ1) is 8.34. The zero-order valence-corrected chi connectivity index (χ0v) is 10.8. The van der Waals surface area contributed by atoms with Gasteiger partial charge in [0.05, 0.1) is 6.61 Å². The zero-order valence-electron chi connectivity index (χ0n) is 9.20. The van der Waals surface area contributed by atoms with E-state index in [1.54, 1.807) is 11.8 Å². The molecule has 0 bridgehead atoms. The van der Waals surface area contributed by atoms with Crippen LogP contribution in [-0.2, 0) is 0 Å². The zero-order chi connectivity index (χ0) is 11.9. The predicted octanol–water partition coefficient (Wildman–Crippen LogP) is 2.68. The van der Waals surface area contributed by atoms with Crippen LogP contribution in [0.15, 0.2) is 34.7 Å². The molecule has 17 heavy (non-hydrogen) atoms. The van der Waals surface area contributed by atoms with Crippen molar-refractivity contribution in [2.75, 3.05) is 18.1 Å². The van der Waals surface area contributed by atoms with Crippen LogP contribution in [0, 0.1) is 0 Å². The predicted molar refractivity (Wildman–Crippen MR) is 71.6 cm³/mol. The van der Waals surface area contributed by atoms with Gasteiger partial charge in [0.25, 0.3) is 0 Å². The van der Waals surface area contributed by atoms with Gasteiger partial charge in [-0.3, -0.25) is 0 Å². The molecule has 0 saturated carbocycles. The third-order valence-corrected chi connectivity index (χ3v) is 3.92. The molecule has 90 valence electrons. The highest BCUT2D eigenvalue weighted by Crippen LogP contribution is 2.23. The second kappa shape index (κ2) is 6.46. The monoisotopic (exact) mass is 267 g/mol. The van der Waals surface area contributed by atoms with E-state index in [-0.39, 0.29) is 0 Å². The summed E-state index contributed by atoms with van der Waals surface area (Å²) in [5.74, 6) is 1.87. The first-order valence-electron chi connectivity index (χ1n) is 5.24. The first-order valence-corrected chi connectivity index (χ1v) is 7.04. The van der Waals surface area contributed by atoms with Gasteiger partial charge in [-0.15, -0.1) is 10.2 Å². The molecule has 0 radical (unpaired) electrons. The number of thioether (sulfide) groups is 1. The Bertz CT molecular complexity index is 447. The van der Waals surface area contributed by atoms with Crippen molar-refractivity contribution in [3.05, 3.63) is 30.3 Å². The summed E-state index contributed by atoms with van der Waals surface area (Å²) in [6.07, 6.45) is 0.971. The van der Waals surface area contributed by atoms with Crippen LogP contribution in [0.4, 0.5) is 5.13 Å². The molecule has 0 atom stereocenters. The third-order valence-electron chi connectivity index (χ3n) is 1.95. The Morgan fingerprint density at radius 2 is 2.06 bits per heavy atom. The highest BCUT2D eigenvalue weighted by molar-refractivity contribution is 8.01. The molecule has 0 aliphatic heterocycles. The Labute approximate surface area is 108 Å². The van der Waals surface area contributed by atoms with E-state index in [4.69, 9.17) is 10.5 Å². The van der Waals surface area contributed by atoms with E-state index in [2.05, 4.69) is 10.2 Å². The Balaban J connectivity index is 1.61. The molecular weight excluding hydrogens is 254 g/mol. The van der Waals surface area contributed by atoms with Crippen molar-refractivity contribution in [3.8, 4) is 5.75 Å². The molecule has 0 aliphatic rings. The fraction of sp³-hybridized carbons (Fsp3) is 0.273. The Kier molecular flexibility index (Phi) is 4.63. The number of rotatable bonds is 6. The van der Waals surface area contributed by atoms with Gasteiger partial charge in [0, 0.05) is 5.75 Å². The number of hydrogen-bond acceptors (Lipinski definition) is 6. The molecule has 6 heteroatoms. The lowest BCUT2D eigenvalue weighted by Gasteiger charge is -2.04. The lowest BCUT2D eigenvalue weighted by Crippen LogP contribution is -1.98. The van der Waals surface area contributed by atoms with Crippen LogP contribution in [0.5, 0.6) is 5.75 Å². The van der Waals surface area contributed by atoms with Gasteiger partial charge < -0.3 is 10.5 Å². The number of nitrogens with two attached hydrogens (primary N) is 1. The van der Waals surface area contributed by atoms with Crippen molar-refractivity contribution in [1.82, 2.24) is 10.2 Å². The number of para-hydroxylation sites is 1. The number of anilines is 1. The fourth-order valence-corrected chi connectivity index (χ4v) is 2.82. The number of ether oxygens (including phenoxy) is 1. The molecular formula is C11H13N3OS2. The molecule has 2 rings (SSSR count). The van der Waals surface area contributed by atoms with E-state index in [9.17, 15) is 0 Å². The first kappa shape index (κ1) is 12.2. The minimum absolute atomic E-state index is 0.521. The summed E-state index contributed by atoms with van der Waals surface area (Å²) in [7, 11) is 0. The molecule has 0 saturated heterocycles. The van der Waals surface area contributed by atoms with Crippen molar-refractivity contribution in [2.24, 2.45) is 0 Å². The second-order valence-electron chi connectivity index (χ2n) is 3.27. The van der Waals surface area contributed by atoms with Crippen LogP contribution in [0.25, 0.3) is 0 Å². The van der Waals surface area contributed by atoms with Gasteiger partial charge >= 0.3 is 0 Å². The van der Waals surface area contributed by atoms with Crippen LogP contribution < -0.4 is 10.5 Å². The summed E-state index contributed by atoms with van der Waals surface area (Å²) in [6, 6.07) is 9.82. The molecule has 0 fully saturated rings. The fourth-order valence-electron chi connectivity index (χ4n) is 1.20.